The number of hydrogen-bond acceptors (Lipinski definition) is 6. The monoisotopic (exact) mass is 258 g/mol. The first-order valence-corrected chi connectivity index (χ1v) is 5.64. The summed E-state index contributed by atoms with van der Waals surface area (Å²) in [6, 6.07) is 0. The molecule has 1 aromatic heterocycles. The molecule has 1 atom stereocenters. The molecule has 0 aliphatic carbocycles. The smallest absolute Gasteiger partial charge is 0.358 e. The molecule has 18 heavy (non-hydrogen) atoms. The zero-order chi connectivity index (χ0) is 13.4. The average Bonchev–Trinajstić information content (AvgIpc) is 2.78. The summed E-state index contributed by atoms with van der Waals surface area (Å²) in [7, 11) is 1.54. The lowest BCUT2D eigenvalue weighted by Gasteiger charge is -2.09. The molecule has 0 radical (unpaired) electrons. The highest BCUT2D eigenvalue weighted by molar-refractivity contribution is 5.84. The Morgan fingerprint density at radius 2 is 2.39 bits per heavy atom. The molecular weight excluding hydrogens is 240 g/mol. The number of hydrogen-bond donors (Lipinski definition) is 3. The van der Waals surface area contributed by atoms with E-state index in [4.69, 9.17) is 9.84 Å². The fraction of sp³-hybridized carbons (Fsp3) is 0.700. The van der Waals surface area contributed by atoms with Crippen molar-refractivity contribution in [2.75, 3.05) is 26.8 Å². The van der Waals surface area contributed by atoms with Crippen LogP contribution in [0.3, 0.4) is 0 Å². The van der Waals surface area contributed by atoms with E-state index in [2.05, 4.69) is 15.6 Å². The van der Waals surface area contributed by atoms with Crippen molar-refractivity contribution < 1.29 is 19.7 Å². The van der Waals surface area contributed by atoms with Gasteiger partial charge < -0.3 is 20.3 Å². The standard InChI is InChI=1S/C10H18N4O4/c1-18-7-8(15)2-3-11-4-5-14-6-9(10(16)17)12-13-14/h6,8,11,15H,2-5,7H2,1H3,(H,16,17). The molecule has 0 saturated carbocycles. The van der Waals surface area contributed by atoms with Gasteiger partial charge in [-0.25, -0.2) is 4.79 Å². The van der Waals surface area contributed by atoms with Gasteiger partial charge in [-0.1, -0.05) is 5.21 Å². The minimum atomic E-state index is -1.09. The molecule has 0 bridgehead atoms. The summed E-state index contributed by atoms with van der Waals surface area (Å²) in [5.74, 6) is -1.09. The first-order chi connectivity index (χ1) is 8.63. The number of methoxy groups -OCH3 is 1. The Balaban J connectivity index is 2.12. The van der Waals surface area contributed by atoms with E-state index in [1.54, 1.807) is 7.11 Å². The quantitative estimate of drug-likeness (QED) is 0.485. The lowest BCUT2D eigenvalue weighted by Crippen LogP contribution is -2.26. The Hall–Kier alpha value is -1.51. The van der Waals surface area contributed by atoms with Crippen molar-refractivity contribution in [3.05, 3.63) is 11.9 Å². The largest absolute Gasteiger partial charge is 0.476 e. The average molecular weight is 258 g/mol. The molecule has 0 saturated heterocycles. The Kier molecular flexibility index (Phi) is 6.26. The lowest BCUT2D eigenvalue weighted by molar-refractivity contribution is 0.0594. The van der Waals surface area contributed by atoms with Gasteiger partial charge in [-0.15, -0.1) is 5.10 Å². The van der Waals surface area contributed by atoms with Crippen LogP contribution in [0.2, 0.25) is 0 Å². The van der Waals surface area contributed by atoms with Gasteiger partial charge in [0.15, 0.2) is 5.69 Å². The summed E-state index contributed by atoms with van der Waals surface area (Å²) in [6.07, 6.45) is 1.52. The summed E-state index contributed by atoms with van der Waals surface area (Å²) < 4.78 is 6.26. The topological polar surface area (TPSA) is 110 Å². The second kappa shape index (κ2) is 7.75. The molecule has 1 rings (SSSR count). The zero-order valence-electron chi connectivity index (χ0n) is 10.2. The Labute approximate surface area is 105 Å². The third-order valence-electron chi connectivity index (χ3n) is 2.29. The van der Waals surface area contributed by atoms with Crippen LogP contribution >= 0.6 is 0 Å². The van der Waals surface area contributed by atoms with Crippen LogP contribution in [0.4, 0.5) is 0 Å². The fourth-order valence-corrected chi connectivity index (χ4v) is 1.37. The van der Waals surface area contributed by atoms with Crippen LogP contribution in [0.1, 0.15) is 16.9 Å². The van der Waals surface area contributed by atoms with Crippen LogP contribution in [0.25, 0.3) is 0 Å². The zero-order valence-corrected chi connectivity index (χ0v) is 10.2. The molecule has 0 spiro atoms. The molecule has 3 N–H and O–H groups in total. The van der Waals surface area contributed by atoms with E-state index in [0.717, 1.165) is 0 Å². The summed E-state index contributed by atoms with van der Waals surface area (Å²) >= 11 is 0. The third-order valence-corrected chi connectivity index (χ3v) is 2.29. The molecule has 0 aromatic carbocycles. The second-order valence-electron chi connectivity index (χ2n) is 3.82. The van der Waals surface area contributed by atoms with Gasteiger partial charge >= 0.3 is 5.97 Å². The molecular formula is C10H18N4O4. The van der Waals surface area contributed by atoms with Gasteiger partial charge in [0, 0.05) is 13.7 Å². The molecule has 8 nitrogen and oxygen atoms in total. The number of aliphatic hydroxyl groups is 1. The number of carboxylic acid groups (broad SMARTS) is 1. The maximum Gasteiger partial charge on any atom is 0.358 e. The number of nitrogens with one attached hydrogen (secondary N) is 1. The molecule has 0 amide bonds. The number of carboxylic acids is 1. The van der Waals surface area contributed by atoms with Crippen molar-refractivity contribution in [1.82, 2.24) is 20.3 Å². The van der Waals surface area contributed by atoms with E-state index in [9.17, 15) is 9.90 Å². The van der Waals surface area contributed by atoms with Gasteiger partial charge in [-0.2, -0.15) is 0 Å². The van der Waals surface area contributed by atoms with Gasteiger partial charge in [0.2, 0.25) is 0 Å². The first kappa shape index (κ1) is 14.6. The van der Waals surface area contributed by atoms with Crippen molar-refractivity contribution >= 4 is 5.97 Å². The van der Waals surface area contributed by atoms with Gasteiger partial charge in [-0.3, -0.25) is 4.68 Å². The van der Waals surface area contributed by atoms with Crippen molar-refractivity contribution in [1.29, 1.82) is 0 Å². The number of aliphatic hydroxyl groups excluding tert-OH is 1. The van der Waals surface area contributed by atoms with Crippen molar-refractivity contribution in [2.45, 2.75) is 19.1 Å². The van der Waals surface area contributed by atoms with E-state index in [1.807, 2.05) is 0 Å². The minimum absolute atomic E-state index is 0.0643. The van der Waals surface area contributed by atoms with Crippen LogP contribution in [0.15, 0.2) is 6.20 Å². The third kappa shape index (κ3) is 5.21. The molecule has 0 aliphatic rings. The van der Waals surface area contributed by atoms with Crippen LogP contribution < -0.4 is 5.32 Å². The van der Waals surface area contributed by atoms with Crippen molar-refractivity contribution in [3.8, 4) is 0 Å². The number of rotatable bonds is 9. The van der Waals surface area contributed by atoms with Crippen LogP contribution in [0.5, 0.6) is 0 Å². The fourth-order valence-electron chi connectivity index (χ4n) is 1.37. The van der Waals surface area contributed by atoms with E-state index in [1.165, 1.54) is 10.9 Å². The second-order valence-corrected chi connectivity index (χ2v) is 3.82. The van der Waals surface area contributed by atoms with Crippen LogP contribution in [0, 0.1) is 0 Å². The highest BCUT2D eigenvalue weighted by Crippen LogP contribution is 1.92. The predicted molar refractivity (Wildman–Crippen MR) is 62.4 cm³/mol. The number of nitrogens with zero attached hydrogens (tertiary/aromatic N) is 3. The molecule has 0 aliphatic heterocycles. The van der Waals surface area contributed by atoms with E-state index >= 15 is 0 Å². The number of aromatic carboxylic acids is 1. The molecule has 102 valence electrons. The van der Waals surface area contributed by atoms with Gasteiger partial charge in [0.05, 0.1) is 25.5 Å². The Morgan fingerprint density at radius 3 is 3.00 bits per heavy atom. The lowest BCUT2D eigenvalue weighted by atomic mass is 10.2. The molecule has 1 heterocycles. The summed E-state index contributed by atoms with van der Waals surface area (Å²) in [5, 5.41) is 28.3. The van der Waals surface area contributed by atoms with Crippen molar-refractivity contribution in [2.24, 2.45) is 0 Å². The first-order valence-electron chi connectivity index (χ1n) is 5.64. The maximum absolute atomic E-state index is 10.6. The van der Waals surface area contributed by atoms with Crippen molar-refractivity contribution in [3.63, 3.8) is 0 Å². The molecule has 0 fully saturated rings. The van der Waals surface area contributed by atoms with Gasteiger partial charge in [0.1, 0.15) is 0 Å². The SMILES string of the molecule is COCC(O)CCNCCn1cc(C(=O)O)nn1. The Bertz CT molecular complexity index is 369. The number of ether oxygens (including phenoxy) is 1. The highest BCUT2D eigenvalue weighted by Gasteiger charge is 2.07. The minimum Gasteiger partial charge on any atom is -0.476 e. The summed E-state index contributed by atoms with van der Waals surface area (Å²) in [6.45, 7) is 2.14. The van der Waals surface area contributed by atoms with Gasteiger partial charge in [0.25, 0.3) is 0 Å². The van der Waals surface area contributed by atoms with Gasteiger partial charge in [-0.05, 0) is 13.0 Å². The van der Waals surface area contributed by atoms with E-state index in [0.29, 0.717) is 32.7 Å². The summed E-state index contributed by atoms with van der Waals surface area (Å²) in [5.41, 5.74) is -0.0643. The normalized spacial score (nSPS) is 12.6. The molecule has 1 unspecified atom stereocenters. The van der Waals surface area contributed by atoms with Crippen LogP contribution in [-0.2, 0) is 11.3 Å². The van der Waals surface area contributed by atoms with E-state index in [-0.39, 0.29) is 5.69 Å². The van der Waals surface area contributed by atoms with E-state index < -0.39 is 12.1 Å². The molecule has 8 heteroatoms. The number of carbonyl (C=O) groups is 1. The summed E-state index contributed by atoms with van der Waals surface area (Å²) in [4.78, 5) is 10.6. The maximum atomic E-state index is 10.6. The predicted octanol–water partition coefficient (Wildman–Crippen LogP) is -1.04. The van der Waals surface area contributed by atoms with Crippen LogP contribution in [-0.4, -0.2) is 64.1 Å². The Morgan fingerprint density at radius 1 is 1.61 bits per heavy atom. The highest BCUT2D eigenvalue weighted by atomic mass is 16.5. The number of aromatic nitrogens is 3. The molecule has 1 aromatic rings.